The molecule has 1 aliphatic rings. The molecule has 0 bridgehead atoms. The summed E-state index contributed by atoms with van der Waals surface area (Å²) in [4.78, 5) is 10.2. The Morgan fingerprint density at radius 3 is 2.57 bits per heavy atom. The van der Waals surface area contributed by atoms with E-state index < -0.39 is 14.9 Å². The predicted octanol–water partition coefficient (Wildman–Crippen LogP) is 1.30. The molecule has 2 unspecified atom stereocenters. The van der Waals surface area contributed by atoms with Crippen LogP contribution in [0.1, 0.15) is 20.3 Å². The number of nitrogens with two attached hydrogens (primary N) is 1. The van der Waals surface area contributed by atoms with Crippen LogP contribution < -0.4 is 11.3 Å². The van der Waals surface area contributed by atoms with E-state index in [-0.39, 0.29) is 28.2 Å². The number of benzene rings is 1. The van der Waals surface area contributed by atoms with Gasteiger partial charge in [-0.2, -0.15) is 4.31 Å². The molecule has 9 heteroatoms. The zero-order valence-electron chi connectivity index (χ0n) is 11.8. The summed E-state index contributed by atoms with van der Waals surface area (Å²) in [5.74, 6) is 5.47. The van der Waals surface area contributed by atoms with Gasteiger partial charge in [0.15, 0.2) is 0 Å². The van der Waals surface area contributed by atoms with E-state index in [4.69, 9.17) is 5.84 Å². The van der Waals surface area contributed by atoms with Crippen LogP contribution in [0.25, 0.3) is 0 Å². The molecule has 0 radical (unpaired) electrons. The van der Waals surface area contributed by atoms with Gasteiger partial charge < -0.3 is 5.43 Å². The summed E-state index contributed by atoms with van der Waals surface area (Å²) in [6.07, 6.45) is 0.782. The molecule has 1 aliphatic heterocycles. The molecule has 0 aromatic heterocycles. The quantitative estimate of drug-likeness (QED) is 0.491. The van der Waals surface area contributed by atoms with Crippen molar-refractivity contribution < 1.29 is 13.3 Å². The normalized spacial score (nSPS) is 23.2. The highest BCUT2D eigenvalue weighted by Crippen LogP contribution is 2.32. The first-order valence-corrected chi connectivity index (χ1v) is 7.98. The standard InChI is InChI=1S/C12H18N4O4S/c1-8-5-9(2)15(7-8)21(19,20)10-3-4-11(14-13)12(6-10)16(17)18/h3-4,6,8-9,14H,5,7,13H2,1-2H3. The average molecular weight is 314 g/mol. The minimum atomic E-state index is -3.74. The molecule has 2 atom stereocenters. The first kappa shape index (κ1) is 15.7. The average Bonchev–Trinajstić information content (AvgIpc) is 2.77. The Balaban J connectivity index is 2.46. The van der Waals surface area contributed by atoms with Crippen molar-refractivity contribution in [1.29, 1.82) is 0 Å². The fourth-order valence-corrected chi connectivity index (χ4v) is 4.46. The third kappa shape index (κ3) is 2.85. The second-order valence-electron chi connectivity index (χ2n) is 5.35. The Hall–Kier alpha value is -1.71. The smallest absolute Gasteiger partial charge is 0.294 e. The van der Waals surface area contributed by atoms with Crippen LogP contribution >= 0.6 is 0 Å². The highest BCUT2D eigenvalue weighted by molar-refractivity contribution is 7.89. The minimum Gasteiger partial charge on any atom is -0.318 e. The number of anilines is 1. The summed E-state index contributed by atoms with van der Waals surface area (Å²) in [5, 5.41) is 11.0. The maximum atomic E-state index is 12.6. The fourth-order valence-electron chi connectivity index (χ4n) is 2.68. The third-order valence-corrected chi connectivity index (χ3v) is 5.63. The number of nitro benzene ring substituents is 1. The lowest BCUT2D eigenvalue weighted by Gasteiger charge is -2.21. The van der Waals surface area contributed by atoms with Crippen LogP contribution in [-0.2, 0) is 10.0 Å². The Labute approximate surface area is 123 Å². The molecule has 8 nitrogen and oxygen atoms in total. The molecule has 0 aliphatic carbocycles. The van der Waals surface area contributed by atoms with Gasteiger partial charge in [0.25, 0.3) is 5.69 Å². The summed E-state index contributed by atoms with van der Waals surface area (Å²) < 4.78 is 26.6. The van der Waals surface area contributed by atoms with Crippen molar-refractivity contribution in [3.05, 3.63) is 28.3 Å². The lowest BCUT2D eigenvalue weighted by Crippen LogP contribution is -2.34. The molecular formula is C12H18N4O4S. The molecule has 0 spiro atoms. The van der Waals surface area contributed by atoms with Crippen LogP contribution in [0.15, 0.2) is 23.1 Å². The number of rotatable bonds is 4. The van der Waals surface area contributed by atoms with Gasteiger partial charge in [-0.15, -0.1) is 0 Å². The Kier molecular flexibility index (Phi) is 4.17. The van der Waals surface area contributed by atoms with Crippen molar-refractivity contribution in [2.75, 3.05) is 12.0 Å². The number of nitrogens with zero attached hydrogens (tertiary/aromatic N) is 2. The molecule has 1 heterocycles. The molecule has 1 aromatic carbocycles. The molecule has 3 N–H and O–H groups in total. The fraction of sp³-hybridized carbons (Fsp3) is 0.500. The number of nitro groups is 1. The molecule has 1 fully saturated rings. The highest BCUT2D eigenvalue weighted by Gasteiger charge is 2.36. The molecule has 0 amide bonds. The first-order valence-electron chi connectivity index (χ1n) is 6.54. The SMILES string of the molecule is CC1CC(C)N(S(=O)(=O)c2ccc(NN)c([N+](=O)[O-])c2)C1. The van der Waals surface area contributed by atoms with Gasteiger partial charge in [0.2, 0.25) is 10.0 Å². The van der Waals surface area contributed by atoms with Crippen LogP contribution in [0.5, 0.6) is 0 Å². The molecule has 2 rings (SSSR count). The van der Waals surface area contributed by atoms with E-state index in [1.165, 1.54) is 16.4 Å². The van der Waals surface area contributed by atoms with Crippen molar-refractivity contribution in [1.82, 2.24) is 4.31 Å². The van der Waals surface area contributed by atoms with E-state index in [1.807, 2.05) is 13.8 Å². The summed E-state index contributed by atoms with van der Waals surface area (Å²) >= 11 is 0. The molecule has 1 aromatic rings. The lowest BCUT2D eigenvalue weighted by atomic mass is 10.1. The van der Waals surface area contributed by atoms with Crippen LogP contribution in [-0.4, -0.2) is 30.2 Å². The number of hydrogen-bond acceptors (Lipinski definition) is 6. The zero-order valence-corrected chi connectivity index (χ0v) is 12.6. The molecular weight excluding hydrogens is 296 g/mol. The zero-order chi connectivity index (χ0) is 15.8. The number of hydrazine groups is 1. The van der Waals surface area contributed by atoms with Crippen molar-refractivity contribution in [3.8, 4) is 0 Å². The molecule has 0 saturated carbocycles. The number of nitrogen functional groups attached to an aromatic ring is 1. The van der Waals surface area contributed by atoms with Crippen LogP contribution in [0.3, 0.4) is 0 Å². The number of nitrogens with one attached hydrogen (secondary N) is 1. The van der Waals surface area contributed by atoms with Crippen molar-refractivity contribution >= 4 is 21.4 Å². The van der Waals surface area contributed by atoms with E-state index >= 15 is 0 Å². The summed E-state index contributed by atoms with van der Waals surface area (Å²) in [6.45, 7) is 4.25. The first-order chi connectivity index (χ1) is 9.77. The molecule has 21 heavy (non-hydrogen) atoms. The van der Waals surface area contributed by atoms with E-state index in [0.717, 1.165) is 12.5 Å². The summed E-state index contributed by atoms with van der Waals surface area (Å²) in [6, 6.07) is 3.55. The van der Waals surface area contributed by atoms with Gasteiger partial charge >= 0.3 is 0 Å². The number of sulfonamides is 1. The lowest BCUT2D eigenvalue weighted by molar-refractivity contribution is -0.384. The van der Waals surface area contributed by atoms with Gasteiger partial charge in [0.05, 0.1) is 9.82 Å². The van der Waals surface area contributed by atoms with E-state index in [9.17, 15) is 18.5 Å². The van der Waals surface area contributed by atoms with Crippen LogP contribution in [0.2, 0.25) is 0 Å². The summed E-state index contributed by atoms with van der Waals surface area (Å²) in [5.41, 5.74) is 1.90. The minimum absolute atomic E-state index is 0.0711. The largest absolute Gasteiger partial charge is 0.318 e. The Morgan fingerprint density at radius 2 is 2.10 bits per heavy atom. The second kappa shape index (κ2) is 5.58. The van der Waals surface area contributed by atoms with Crippen molar-refractivity contribution in [2.45, 2.75) is 31.2 Å². The van der Waals surface area contributed by atoms with Crippen LogP contribution in [0.4, 0.5) is 11.4 Å². The monoisotopic (exact) mass is 314 g/mol. The van der Waals surface area contributed by atoms with Gasteiger partial charge in [-0.05, 0) is 31.4 Å². The van der Waals surface area contributed by atoms with Crippen molar-refractivity contribution in [2.24, 2.45) is 11.8 Å². The van der Waals surface area contributed by atoms with Gasteiger partial charge in [-0.1, -0.05) is 6.92 Å². The highest BCUT2D eigenvalue weighted by atomic mass is 32.2. The third-order valence-electron chi connectivity index (χ3n) is 3.65. The number of hydrogen-bond donors (Lipinski definition) is 2. The molecule has 116 valence electrons. The van der Waals surface area contributed by atoms with Gasteiger partial charge in [0.1, 0.15) is 5.69 Å². The van der Waals surface area contributed by atoms with Gasteiger partial charge in [-0.3, -0.25) is 16.0 Å². The molecule has 1 saturated heterocycles. The predicted molar refractivity (Wildman–Crippen MR) is 78.0 cm³/mol. The van der Waals surface area contributed by atoms with Crippen LogP contribution in [0, 0.1) is 16.0 Å². The second-order valence-corrected chi connectivity index (χ2v) is 7.24. The van der Waals surface area contributed by atoms with E-state index in [2.05, 4.69) is 5.43 Å². The Morgan fingerprint density at radius 1 is 1.43 bits per heavy atom. The topological polar surface area (TPSA) is 119 Å². The van der Waals surface area contributed by atoms with Gasteiger partial charge in [-0.25, -0.2) is 8.42 Å². The maximum Gasteiger partial charge on any atom is 0.294 e. The van der Waals surface area contributed by atoms with Gasteiger partial charge in [0, 0.05) is 18.7 Å². The van der Waals surface area contributed by atoms with Crippen molar-refractivity contribution in [3.63, 3.8) is 0 Å². The van der Waals surface area contributed by atoms with E-state index in [0.29, 0.717) is 6.54 Å². The Bertz CT molecular complexity index is 661. The van der Waals surface area contributed by atoms with E-state index in [1.54, 1.807) is 0 Å². The summed E-state index contributed by atoms with van der Waals surface area (Å²) in [7, 11) is -3.74. The maximum absolute atomic E-state index is 12.6.